The van der Waals surface area contributed by atoms with Crippen molar-refractivity contribution >= 4 is 0 Å². The summed E-state index contributed by atoms with van der Waals surface area (Å²) in [6.45, 7) is 14.3. The standard InChI is InChI=1S/C16H31N3/c1-6-15(4)7-10-19(11-8-15)12-9-16(5,13-17)18-14(2)3/h14,18H,6-12H2,1-5H3. The van der Waals surface area contributed by atoms with E-state index < -0.39 is 0 Å². The molecule has 1 saturated heterocycles. The summed E-state index contributed by atoms with van der Waals surface area (Å²) in [6, 6.07) is 2.79. The maximum Gasteiger partial charge on any atom is 0.105 e. The summed E-state index contributed by atoms with van der Waals surface area (Å²) in [5, 5.41) is 12.7. The summed E-state index contributed by atoms with van der Waals surface area (Å²) in [4.78, 5) is 2.52. The first-order valence-corrected chi connectivity index (χ1v) is 7.74. The molecule has 0 bridgehead atoms. The summed E-state index contributed by atoms with van der Waals surface area (Å²) in [6.07, 6.45) is 4.78. The lowest BCUT2D eigenvalue weighted by Gasteiger charge is -2.40. The van der Waals surface area contributed by atoms with Crippen LogP contribution >= 0.6 is 0 Å². The Balaban J connectivity index is 2.39. The predicted molar refractivity (Wildman–Crippen MR) is 81.0 cm³/mol. The van der Waals surface area contributed by atoms with E-state index in [1.165, 1.54) is 32.4 Å². The van der Waals surface area contributed by atoms with Crippen LogP contribution in [-0.4, -0.2) is 36.1 Å². The highest BCUT2D eigenvalue weighted by molar-refractivity contribution is 5.04. The highest BCUT2D eigenvalue weighted by atomic mass is 15.1. The Bertz CT molecular complexity index is 310. The van der Waals surface area contributed by atoms with Crippen molar-refractivity contribution in [3.8, 4) is 6.07 Å². The third kappa shape index (κ3) is 5.12. The molecule has 1 aliphatic rings. The van der Waals surface area contributed by atoms with Crippen molar-refractivity contribution in [2.24, 2.45) is 5.41 Å². The van der Waals surface area contributed by atoms with Crippen LogP contribution < -0.4 is 5.32 Å². The molecule has 0 aromatic rings. The minimum absolute atomic E-state index is 0.356. The quantitative estimate of drug-likeness (QED) is 0.802. The summed E-state index contributed by atoms with van der Waals surface area (Å²) in [5.41, 5.74) is 0.158. The van der Waals surface area contributed by atoms with Crippen molar-refractivity contribution < 1.29 is 0 Å². The number of hydrogen-bond donors (Lipinski definition) is 1. The summed E-state index contributed by atoms with van der Waals surface area (Å²) in [7, 11) is 0. The molecule has 0 aliphatic carbocycles. The van der Waals surface area contributed by atoms with Crippen LogP contribution in [-0.2, 0) is 0 Å². The van der Waals surface area contributed by atoms with Crippen molar-refractivity contribution in [2.45, 2.75) is 71.9 Å². The van der Waals surface area contributed by atoms with Gasteiger partial charge in [-0.25, -0.2) is 0 Å². The number of piperidine rings is 1. The highest BCUT2D eigenvalue weighted by Crippen LogP contribution is 2.34. The van der Waals surface area contributed by atoms with E-state index in [1.807, 2.05) is 6.92 Å². The van der Waals surface area contributed by atoms with Gasteiger partial charge in [0.05, 0.1) is 6.07 Å². The number of nitrogens with one attached hydrogen (secondary N) is 1. The van der Waals surface area contributed by atoms with Crippen molar-refractivity contribution in [1.82, 2.24) is 10.2 Å². The fourth-order valence-corrected chi connectivity index (χ4v) is 2.85. The maximum atomic E-state index is 9.35. The van der Waals surface area contributed by atoms with E-state index in [9.17, 15) is 5.26 Å². The Labute approximate surface area is 119 Å². The Morgan fingerprint density at radius 3 is 2.37 bits per heavy atom. The molecule has 0 amide bonds. The molecule has 3 nitrogen and oxygen atoms in total. The Morgan fingerprint density at radius 1 is 1.37 bits per heavy atom. The van der Waals surface area contributed by atoms with Gasteiger partial charge in [-0.2, -0.15) is 5.26 Å². The van der Waals surface area contributed by atoms with Gasteiger partial charge in [0.15, 0.2) is 0 Å². The smallest absolute Gasteiger partial charge is 0.105 e. The second-order valence-corrected chi connectivity index (χ2v) is 7.00. The normalized spacial score (nSPS) is 23.0. The van der Waals surface area contributed by atoms with Crippen LogP contribution in [0.25, 0.3) is 0 Å². The lowest BCUT2D eigenvalue weighted by atomic mass is 9.78. The largest absolute Gasteiger partial charge is 0.303 e. The van der Waals surface area contributed by atoms with Crippen LogP contribution in [0, 0.1) is 16.7 Å². The fourth-order valence-electron chi connectivity index (χ4n) is 2.85. The van der Waals surface area contributed by atoms with Gasteiger partial charge in [0.1, 0.15) is 5.54 Å². The molecule has 110 valence electrons. The fraction of sp³-hybridized carbons (Fsp3) is 0.938. The first kappa shape index (κ1) is 16.5. The number of likely N-dealkylation sites (tertiary alicyclic amines) is 1. The van der Waals surface area contributed by atoms with Gasteiger partial charge in [-0.15, -0.1) is 0 Å². The van der Waals surface area contributed by atoms with Crippen LogP contribution in [0.1, 0.15) is 60.3 Å². The van der Waals surface area contributed by atoms with E-state index in [1.54, 1.807) is 0 Å². The molecule has 0 saturated carbocycles. The second-order valence-electron chi connectivity index (χ2n) is 7.00. The van der Waals surface area contributed by atoms with E-state index in [0.29, 0.717) is 11.5 Å². The number of nitriles is 1. The third-order valence-corrected chi connectivity index (χ3v) is 4.70. The van der Waals surface area contributed by atoms with Crippen molar-refractivity contribution in [3.63, 3.8) is 0 Å². The number of nitrogens with zero attached hydrogens (tertiary/aromatic N) is 2. The second kappa shape index (κ2) is 6.72. The average molecular weight is 265 g/mol. The van der Waals surface area contributed by atoms with E-state index in [4.69, 9.17) is 0 Å². The van der Waals surface area contributed by atoms with Crippen LogP contribution in [0.15, 0.2) is 0 Å². The van der Waals surface area contributed by atoms with E-state index in [0.717, 1.165) is 13.0 Å². The monoisotopic (exact) mass is 265 g/mol. The van der Waals surface area contributed by atoms with Crippen LogP contribution in [0.5, 0.6) is 0 Å². The molecular weight excluding hydrogens is 234 g/mol. The van der Waals surface area contributed by atoms with Gasteiger partial charge in [0.2, 0.25) is 0 Å². The van der Waals surface area contributed by atoms with Crippen LogP contribution in [0.2, 0.25) is 0 Å². The van der Waals surface area contributed by atoms with Gasteiger partial charge >= 0.3 is 0 Å². The molecule has 3 heteroatoms. The van der Waals surface area contributed by atoms with Crippen molar-refractivity contribution in [1.29, 1.82) is 5.26 Å². The third-order valence-electron chi connectivity index (χ3n) is 4.70. The molecule has 1 fully saturated rings. The molecule has 0 aromatic carbocycles. The molecule has 1 unspecified atom stereocenters. The summed E-state index contributed by atoms with van der Waals surface area (Å²) in [5.74, 6) is 0. The Hall–Kier alpha value is -0.590. The van der Waals surface area contributed by atoms with Gasteiger partial charge in [0.25, 0.3) is 0 Å². The van der Waals surface area contributed by atoms with Gasteiger partial charge in [-0.1, -0.05) is 20.3 Å². The predicted octanol–water partition coefficient (Wildman–Crippen LogP) is 3.17. The Morgan fingerprint density at radius 2 is 1.95 bits per heavy atom. The zero-order chi connectivity index (χ0) is 14.5. The van der Waals surface area contributed by atoms with Crippen molar-refractivity contribution in [2.75, 3.05) is 19.6 Å². The molecule has 1 aliphatic heterocycles. The summed E-state index contributed by atoms with van der Waals surface area (Å²) >= 11 is 0. The molecule has 19 heavy (non-hydrogen) atoms. The molecule has 0 spiro atoms. The number of rotatable bonds is 6. The molecule has 0 aromatic heterocycles. The molecule has 1 heterocycles. The van der Waals surface area contributed by atoms with E-state index >= 15 is 0 Å². The van der Waals surface area contributed by atoms with Crippen LogP contribution in [0.3, 0.4) is 0 Å². The lowest BCUT2D eigenvalue weighted by molar-refractivity contribution is 0.108. The molecule has 1 N–H and O–H groups in total. The average Bonchev–Trinajstić information content (AvgIpc) is 2.37. The van der Waals surface area contributed by atoms with E-state index in [2.05, 4.69) is 44.0 Å². The lowest BCUT2D eigenvalue weighted by Crippen LogP contribution is -2.48. The van der Waals surface area contributed by atoms with Gasteiger partial charge in [-0.05, 0) is 58.5 Å². The summed E-state index contributed by atoms with van der Waals surface area (Å²) < 4.78 is 0. The SMILES string of the molecule is CCC1(C)CCN(CCC(C)(C#N)NC(C)C)CC1. The van der Waals surface area contributed by atoms with Crippen molar-refractivity contribution in [3.05, 3.63) is 0 Å². The van der Waals surface area contributed by atoms with Gasteiger partial charge < -0.3 is 4.90 Å². The minimum atomic E-state index is -0.389. The zero-order valence-corrected chi connectivity index (χ0v) is 13.4. The maximum absolute atomic E-state index is 9.35. The Kier molecular flexibility index (Phi) is 5.82. The van der Waals surface area contributed by atoms with E-state index in [-0.39, 0.29) is 5.54 Å². The zero-order valence-electron chi connectivity index (χ0n) is 13.4. The molecule has 0 radical (unpaired) electrons. The number of hydrogen-bond acceptors (Lipinski definition) is 3. The molecular formula is C16H31N3. The highest BCUT2D eigenvalue weighted by Gasteiger charge is 2.30. The van der Waals surface area contributed by atoms with Gasteiger partial charge in [0, 0.05) is 12.6 Å². The topological polar surface area (TPSA) is 39.1 Å². The van der Waals surface area contributed by atoms with Gasteiger partial charge in [-0.3, -0.25) is 5.32 Å². The molecule has 1 rings (SSSR count). The first-order chi connectivity index (χ1) is 8.82. The van der Waals surface area contributed by atoms with Crippen LogP contribution in [0.4, 0.5) is 0 Å². The first-order valence-electron chi connectivity index (χ1n) is 7.74. The minimum Gasteiger partial charge on any atom is -0.303 e. The molecule has 1 atom stereocenters.